The van der Waals surface area contributed by atoms with Crippen LogP contribution in [-0.2, 0) is 9.59 Å². The molecule has 3 saturated heterocycles. The highest BCUT2D eigenvalue weighted by Crippen LogP contribution is 2.42. The third-order valence-electron chi connectivity index (χ3n) is 4.61. The zero-order valence-corrected chi connectivity index (χ0v) is 11.2. The van der Waals surface area contributed by atoms with Gasteiger partial charge in [-0.15, -0.1) is 0 Å². The molecule has 3 heterocycles. The van der Waals surface area contributed by atoms with Crippen molar-refractivity contribution in [3.63, 3.8) is 0 Å². The first-order chi connectivity index (χ1) is 9.58. The average molecular weight is 281 g/mol. The second-order valence-electron chi connectivity index (χ2n) is 5.79. The average Bonchev–Trinajstić information content (AvgIpc) is 2.91. The zero-order chi connectivity index (χ0) is 14.3. The molecule has 0 radical (unpaired) electrons. The second-order valence-corrected chi connectivity index (χ2v) is 5.79. The van der Waals surface area contributed by atoms with E-state index in [9.17, 15) is 19.5 Å². The number of hydrogen-bond acceptors (Lipinski definition) is 3. The van der Waals surface area contributed by atoms with Crippen molar-refractivity contribution in [3.05, 3.63) is 0 Å². The van der Waals surface area contributed by atoms with Gasteiger partial charge in [0.2, 0.25) is 5.91 Å². The van der Waals surface area contributed by atoms with E-state index in [1.807, 2.05) is 0 Å². The van der Waals surface area contributed by atoms with Crippen LogP contribution in [0.3, 0.4) is 0 Å². The topological polar surface area (TPSA) is 90.0 Å². The van der Waals surface area contributed by atoms with Gasteiger partial charge in [0, 0.05) is 25.2 Å². The van der Waals surface area contributed by atoms with Crippen molar-refractivity contribution in [3.8, 4) is 0 Å². The van der Waals surface area contributed by atoms with Gasteiger partial charge in [0.1, 0.15) is 6.54 Å². The van der Waals surface area contributed by atoms with Crippen LogP contribution in [0.15, 0.2) is 0 Å². The molecule has 0 aromatic carbocycles. The molecular weight excluding hydrogens is 262 g/mol. The summed E-state index contributed by atoms with van der Waals surface area (Å²) in [5, 5.41) is 12.0. The van der Waals surface area contributed by atoms with E-state index in [4.69, 9.17) is 0 Å². The van der Waals surface area contributed by atoms with Crippen molar-refractivity contribution in [2.24, 2.45) is 5.92 Å². The van der Waals surface area contributed by atoms with Crippen molar-refractivity contribution in [2.75, 3.05) is 19.6 Å². The smallest absolute Gasteiger partial charge is 0.321 e. The van der Waals surface area contributed by atoms with Crippen LogP contribution < -0.4 is 5.32 Å². The first kappa shape index (κ1) is 13.2. The minimum absolute atomic E-state index is 0.0277. The van der Waals surface area contributed by atoms with Crippen molar-refractivity contribution in [2.45, 2.75) is 37.8 Å². The Labute approximate surface area is 116 Å². The summed E-state index contributed by atoms with van der Waals surface area (Å²) < 4.78 is 0. The Morgan fingerprint density at radius 1 is 1.30 bits per heavy atom. The predicted molar refractivity (Wildman–Crippen MR) is 69.0 cm³/mol. The Balaban J connectivity index is 1.74. The number of rotatable bonds is 1. The Hall–Kier alpha value is -1.79. The van der Waals surface area contributed by atoms with Gasteiger partial charge in [-0.25, -0.2) is 4.79 Å². The molecule has 3 aliphatic rings. The number of carboxylic acid groups (broad SMARTS) is 1. The van der Waals surface area contributed by atoms with Gasteiger partial charge in [0.15, 0.2) is 0 Å². The molecular formula is C13H19N3O4. The molecule has 3 atom stereocenters. The number of fused-ring (bicyclic) bond motifs is 2. The molecule has 2 bridgehead atoms. The Morgan fingerprint density at radius 3 is 2.80 bits per heavy atom. The SMILES string of the molecule is O=C1CN(C(=O)N2C3CCC2C(C(=O)O)C3)CCCN1. The fourth-order valence-electron chi connectivity index (χ4n) is 3.68. The summed E-state index contributed by atoms with van der Waals surface area (Å²) in [5.74, 6) is -1.40. The van der Waals surface area contributed by atoms with E-state index in [0.29, 0.717) is 19.5 Å². The normalized spacial score (nSPS) is 33.0. The number of carbonyl (C=O) groups is 3. The first-order valence-corrected chi connectivity index (χ1v) is 7.14. The van der Waals surface area contributed by atoms with E-state index >= 15 is 0 Å². The first-order valence-electron chi connectivity index (χ1n) is 7.14. The summed E-state index contributed by atoms with van der Waals surface area (Å²) in [6, 6.07) is -0.338. The Morgan fingerprint density at radius 2 is 2.10 bits per heavy atom. The van der Waals surface area contributed by atoms with E-state index in [0.717, 1.165) is 19.3 Å². The van der Waals surface area contributed by atoms with Gasteiger partial charge in [-0.05, 0) is 25.7 Å². The molecule has 3 aliphatic heterocycles. The Bertz CT molecular complexity index is 453. The highest BCUT2D eigenvalue weighted by atomic mass is 16.4. The molecule has 3 amide bonds. The number of carbonyl (C=O) groups excluding carboxylic acids is 2. The van der Waals surface area contributed by atoms with Crippen molar-refractivity contribution in [1.29, 1.82) is 0 Å². The number of urea groups is 1. The van der Waals surface area contributed by atoms with Gasteiger partial charge in [-0.3, -0.25) is 9.59 Å². The molecule has 0 aliphatic carbocycles. The van der Waals surface area contributed by atoms with E-state index in [1.165, 1.54) is 0 Å². The molecule has 0 spiro atoms. The molecule has 7 heteroatoms. The van der Waals surface area contributed by atoms with E-state index < -0.39 is 11.9 Å². The quantitative estimate of drug-likeness (QED) is 0.700. The van der Waals surface area contributed by atoms with E-state index in [2.05, 4.69) is 5.32 Å². The maximum absolute atomic E-state index is 12.6. The van der Waals surface area contributed by atoms with Crippen LogP contribution >= 0.6 is 0 Å². The summed E-state index contributed by atoms with van der Waals surface area (Å²) in [6.07, 6.45) is 2.92. The molecule has 0 aromatic heterocycles. The van der Waals surface area contributed by atoms with E-state index in [-0.39, 0.29) is 30.6 Å². The lowest BCUT2D eigenvalue weighted by Gasteiger charge is -2.29. The molecule has 20 heavy (non-hydrogen) atoms. The third-order valence-corrected chi connectivity index (χ3v) is 4.61. The Kier molecular flexibility index (Phi) is 3.27. The molecule has 3 rings (SSSR count). The van der Waals surface area contributed by atoms with Crippen molar-refractivity contribution in [1.82, 2.24) is 15.1 Å². The molecule has 110 valence electrons. The van der Waals surface area contributed by atoms with Gasteiger partial charge >= 0.3 is 12.0 Å². The summed E-state index contributed by atoms with van der Waals surface area (Å²) in [5.41, 5.74) is 0. The van der Waals surface area contributed by atoms with Crippen LogP contribution in [0.5, 0.6) is 0 Å². The van der Waals surface area contributed by atoms with Crippen LogP contribution in [0, 0.1) is 5.92 Å². The minimum atomic E-state index is -0.816. The summed E-state index contributed by atoms with van der Waals surface area (Å²) in [4.78, 5) is 38.7. The fourth-order valence-corrected chi connectivity index (χ4v) is 3.68. The van der Waals surface area contributed by atoms with Crippen LogP contribution in [0.4, 0.5) is 4.79 Å². The van der Waals surface area contributed by atoms with E-state index in [1.54, 1.807) is 9.80 Å². The maximum atomic E-state index is 12.6. The number of nitrogens with one attached hydrogen (secondary N) is 1. The van der Waals surface area contributed by atoms with Crippen LogP contribution in [-0.4, -0.2) is 64.5 Å². The zero-order valence-electron chi connectivity index (χ0n) is 11.2. The lowest BCUT2D eigenvalue weighted by molar-refractivity contribution is -0.142. The highest BCUT2D eigenvalue weighted by molar-refractivity contribution is 5.85. The molecule has 2 N–H and O–H groups in total. The van der Waals surface area contributed by atoms with Crippen LogP contribution in [0.1, 0.15) is 25.7 Å². The van der Waals surface area contributed by atoms with Crippen LogP contribution in [0.2, 0.25) is 0 Å². The number of amides is 3. The predicted octanol–water partition coefficient (Wildman–Crippen LogP) is -0.134. The lowest BCUT2D eigenvalue weighted by Crippen LogP contribution is -2.48. The molecule has 0 saturated carbocycles. The van der Waals surface area contributed by atoms with Crippen molar-refractivity contribution < 1.29 is 19.5 Å². The summed E-state index contributed by atoms with van der Waals surface area (Å²) in [7, 11) is 0. The van der Waals surface area contributed by atoms with Crippen molar-refractivity contribution >= 4 is 17.9 Å². The number of nitrogens with zero attached hydrogens (tertiary/aromatic N) is 2. The van der Waals surface area contributed by atoms with Gasteiger partial charge in [0.25, 0.3) is 0 Å². The lowest BCUT2D eigenvalue weighted by atomic mass is 9.89. The second kappa shape index (κ2) is 4.96. The molecule has 3 unspecified atom stereocenters. The number of aliphatic carboxylic acids is 1. The standard InChI is InChI=1S/C13H19N3O4/c17-11-7-15(5-1-4-14-11)13(20)16-8-2-3-10(16)9(6-8)12(18)19/h8-10H,1-7H2,(H,14,17)(H,18,19). The van der Waals surface area contributed by atoms with Gasteiger partial charge < -0.3 is 20.2 Å². The third kappa shape index (κ3) is 2.10. The molecule has 0 aromatic rings. The van der Waals surface area contributed by atoms with Gasteiger partial charge in [-0.1, -0.05) is 0 Å². The summed E-state index contributed by atoms with van der Waals surface area (Å²) in [6.45, 7) is 1.21. The van der Waals surface area contributed by atoms with Gasteiger partial charge in [0.05, 0.1) is 5.92 Å². The number of hydrogen-bond donors (Lipinski definition) is 2. The summed E-state index contributed by atoms with van der Waals surface area (Å²) >= 11 is 0. The number of carboxylic acids is 1. The molecule has 3 fully saturated rings. The molecule has 7 nitrogen and oxygen atoms in total. The largest absolute Gasteiger partial charge is 0.481 e. The maximum Gasteiger partial charge on any atom is 0.321 e. The van der Waals surface area contributed by atoms with Gasteiger partial charge in [-0.2, -0.15) is 0 Å². The fraction of sp³-hybridized carbons (Fsp3) is 0.769. The minimum Gasteiger partial charge on any atom is -0.481 e. The van der Waals surface area contributed by atoms with Crippen LogP contribution in [0.25, 0.3) is 0 Å². The highest BCUT2D eigenvalue weighted by Gasteiger charge is 2.52. The monoisotopic (exact) mass is 281 g/mol.